The van der Waals surface area contributed by atoms with Crippen LogP contribution in [0.15, 0.2) is 35.3 Å². The molecule has 2 aromatic rings. The third-order valence-electron chi connectivity index (χ3n) is 2.08. The van der Waals surface area contributed by atoms with Crippen LogP contribution < -0.4 is 5.56 Å². The first kappa shape index (κ1) is 9.93. The number of aromatic amines is 1. The van der Waals surface area contributed by atoms with E-state index in [9.17, 15) is 9.90 Å². The van der Waals surface area contributed by atoms with Gasteiger partial charge in [-0.15, -0.1) is 0 Å². The number of hydrogen-bond donors (Lipinski definition) is 2. The molecule has 0 atom stereocenters. The lowest BCUT2D eigenvalue weighted by molar-refractivity contribution is 0.450. The monoisotopic (exact) mass is 213 g/mol. The van der Waals surface area contributed by atoms with Crippen LogP contribution in [0.3, 0.4) is 0 Å². The average molecular weight is 213 g/mol. The van der Waals surface area contributed by atoms with Crippen molar-refractivity contribution in [3.8, 4) is 23.2 Å². The highest BCUT2D eigenvalue weighted by Crippen LogP contribution is 2.23. The molecule has 2 N–H and O–H groups in total. The summed E-state index contributed by atoms with van der Waals surface area (Å²) in [6.07, 6.45) is 1.55. The number of nitriles is 1. The smallest absolute Gasteiger partial charge is 0.251 e. The lowest BCUT2D eigenvalue weighted by Crippen LogP contribution is -2.06. The van der Waals surface area contributed by atoms with Crippen LogP contribution in [0.25, 0.3) is 11.3 Å². The molecule has 0 aromatic carbocycles. The number of nitrogens with zero attached hydrogens (tertiary/aromatic N) is 2. The first-order chi connectivity index (χ1) is 7.72. The summed E-state index contributed by atoms with van der Waals surface area (Å²) in [5, 5.41) is 18.3. The number of hydrogen-bond acceptors (Lipinski definition) is 4. The summed E-state index contributed by atoms with van der Waals surface area (Å²) in [7, 11) is 0. The zero-order valence-corrected chi connectivity index (χ0v) is 8.14. The van der Waals surface area contributed by atoms with Gasteiger partial charge < -0.3 is 5.11 Å². The van der Waals surface area contributed by atoms with Crippen LogP contribution in [0.4, 0.5) is 0 Å². The summed E-state index contributed by atoms with van der Waals surface area (Å²) in [5.74, 6) is -0.435. The second kappa shape index (κ2) is 3.87. The van der Waals surface area contributed by atoms with Gasteiger partial charge in [-0.2, -0.15) is 5.26 Å². The van der Waals surface area contributed by atoms with Gasteiger partial charge in [-0.25, -0.2) is 0 Å². The van der Waals surface area contributed by atoms with E-state index in [4.69, 9.17) is 5.26 Å². The zero-order chi connectivity index (χ0) is 11.5. The number of aromatic nitrogens is 2. The third-order valence-corrected chi connectivity index (χ3v) is 2.08. The summed E-state index contributed by atoms with van der Waals surface area (Å²) in [4.78, 5) is 17.4. The molecule has 0 radical (unpaired) electrons. The van der Waals surface area contributed by atoms with Crippen molar-refractivity contribution in [3.63, 3.8) is 0 Å². The molecular weight excluding hydrogens is 206 g/mol. The van der Waals surface area contributed by atoms with Gasteiger partial charge in [0.2, 0.25) is 5.88 Å². The largest absolute Gasteiger partial charge is 0.494 e. The molecule has 16 heavy (non-hydrogen) atoms. The highest BCUT2D eigenvalue weighted by molar-refractivity contribution is 5.69. The van der Waals surface area contributed by atoms with Crippen LogP contribution in [-0.4, -0.2) is 15.1 Å². The van der Waals surface area contributed by atoms with Gasteiger partial charge in [0.15, 0.2) is 0 Å². The number of H-pyrrole nitrogens is 1. The quantitative estimate of drug-likeness (QED) is 0.739. The predicted octanol–water partition coefficient (Wildman–Crippen LogP) is 1.01. The molecule has 0 aliphatic rings. The van der Waals surface area contributed by atoms with E-state index in [0.717, 1.165) is 0 Å². The molecule has 0 bridgehead atoms. The number of nitrogens with one attached hydrogen (secondary N) is 1. The van der Waals surface area contributed by atoms with E-state index in [1.807, 2.05) is 6.07 Å². The molecule has 0 saturated carbocycles. The molecule has 78 valence electrons. The van der Waals surface area contributed by atoms with Crippen molar-refractivity contribution in [2.75, 3.05) is 0 Å². The number of pyridine rings is 2. The standard InChI is InChI=1S/C11H7N3O2/c12-6-8-7(5-10(15)14-11(8)16)9-3-1-2-4-13-9/h1-5H,(H2,14,15,16). The van der Waals surface area contributed by atoms with Gasteiger partial charge in [-0.3, -0.25) is 14.8 Å². The minimum absolute atomic E-state index is 0.0123. The van der Waals surface area contributed by atoms with Crippen molar-refractivity contribution in [3.05, 3.63) is 46.4 Å². The second-order valence-electron chi connectivity index (χ2n) is 3.10. The summed E-state index contributed by atoms with van der Waals surface area (Å²) in [6, 6.07) is 8.19. The topological polar surface area (TPSA) is 89.8 Å². The lowest BCUT2D eigenvalue weighted by Gasteiger charge is -2.03. The molecule has 2 rings (SSSR count). The normalized spacial score (nSPS) is 9.69. The molecule has 0 aliphatic heterocycles. The zero-order valence-electron chi connectivity index (χ0n) is 8.14. The molecule has 0 fully saturated rings. The molecule has 0 unspecified atom stereocenters. The van der Waals surface area contributed by atoms with Crippen molar-refractivity contribution in [1.82, 2.24) is 9.97 Å². The van der Waals surface area contributed by atoms with Crippen LogP contribution >= 0.6 is 0 Å². The Hall–Kier alpha value is -2.61. The molecule has 0 amide bonds. The van der Waals surface area contributed by atoms with Gasteiger partial charge in [0.1, 0.15) is 11.6 Å². The summed E-state index contributed by atoms with van der Waals surface area (Å²) < 4.78 is 0. The van der Waals surface area contributed by atoms with Gasteiger partial charge in [0.05, 0.1) is 5.69 Å². The van der Waals surface area contributed by atoms with Crippen molar-refractivity contribution in [1.29, 1.82) is 5.26 Å². The molecular formula is C11H7N3O2. The average Bonchev–Trinajstić information content (AvgIpc) is 2.29. The van der Waals surface area contributed by atoms with E-state index in [1.165, 1.54) is 6.07 Å². The Morgan fingerprint density at radius 3 is 2.88 bits per heavy atom. The Bertz CT molecular complexity index is 611. The van der Waals surface area contributed by atoms with E-state index >= 15 is 0 Å². The van der Waals surface area contributed by atoms with Crippen LogP contribution in [0.5, 0.6) is 5.88 Å². The molecule has 0 spiro atoms. The van der Waals surface area contributed by atoms with E-state index in [-0.39, 0.29) is 5.56 Å². The first-order valence-corrected chi connectivity index (χ1v) is 4.50. The fourth-order valence-electron chi connectivity index (χ4n) is 1.38. The van der Waals surface area contributed by atoms with Gasteiger partial charge in [0.25, 0.3) is 5.56 Å². The highest BCUT2D eigenvalue weighted by atomic mass is 16.3. The van der Waals surface area contributed by atoms with Crippen molar-refractivity contribution in [2.45, 2.75) is 0 Å². The predicted molar refractivity (Wildman–Crippen MR) is 56.7 cm³/mol. The van der Waals surface area contributed by atoms with Gasteiger partial charge in [-0.05, 0) is 12.1 Å². The lowest BCUT2D eigenvalue weighted by atomic mass is 10.1. The van der Waals surface area contributed by atoms with Crippen molar-refractivity contribution >= 4 is 0 Å². The molecule has 2 aromatic heterocycles. The Morgan fingerprint density at radius 2 is 2.25 bits per heavy atom. The van der Waals surface area contributed by atoms with E-state index in [0.29, 0.717) is 11.3 Å². The van der Waals surface area contributed by atoms with Crippen LogP contribution in [0.2, 0.25) is 0 Å². The third kappa shape index (κ3) is 1.64. The maximum Gasteiger partial charge on any atom is 0.251 e. The summed E-state index contributed by atoms with van der Waals surface area (Å²) >= 11 is 0. The molecule has 0 saturated heterocycles. The molecule has 2 heterocycles. The number of rotatable bonds is 1. The number of aromatic hydroxyl groups is 1. The minimum Gasteiger partial charge on any atom is -0.494 e. The summed E-state index contributed by atoms with van der Waals surface area (Å²) in [5.41, 5.74) is 0.334. The first-order valence-electron chi connectivity index (χ1n) is 4.50. The van der Waals surface area contributed by atoms with Crippen LogP contribution in [0.1, 0.15) is 5.56 Å². The fraction of sp³-hybridized carbons (Fsp3) is 0. The van der Waals surface area contributed by atoms with Gasteiger partial charge in [0, 0.05) is 17.8 Å². The van der Waals surface area contributed by atoms with Crippen molar-refractivity contribution in [2.24, 2.45) is 0 Å². The van der Waals surface area contributed by atoms with E-state index in [1.54, 1.807) is 24.4 Å². The van der Waals surface area contributed by atoms with Crippen molar-refractivity contribution < 1.29 is 5.11 Å². The second-order valence-corrected chi connectivity index (χ2v) is 3.10. The Labute approximate surface area is 90.6 Å². The van der Waals surface area contributed by atoms with Crippen LogP contribution in [-0.2, 0) is 0 Å². The highest BCUT2D eigenvalue weighted by Gasteiger charge is 2.11. The van der Waals surface area contributed by atoms with E-state index < -0.39 is 11.4 Å². The molecule has 5 nitrogen and oxygen atoms in total. The molecule has 5 heteroatoms. The Morgan fingerprint density at radius 1 is 1.44 bits per heavy atom. The molecule has 0 aliphatic carbocycles. The maximum atomic E-state index is 11.2. The fourth-order valence-corrected chi connectivity index (χ4v) is 1.38. The Balaban J connectivity index is 2.75. The Kier molecular flexibility index (Phi) is 2.40. The SMILES string of the molecule is N#Cc1c(-c2ccccn2)cc(=O)[nH]c1O. The summed E-state index contributed by atoms with van der Waals surface area (Å²) in [6.45, 7) is 0. The minimum atomic E-state index is -0.475. The van der Waals surface area contributed by atoms with Gasteiger partial charge in [-0.1, -0.05) is 6.07 Å². The maximum absolute atomic E-state index is 11.2. The van der Waals surface area contributed by atoms with E-state index in [2.05, 4.69) is 9.97 Å². The van der Waals surface area contributed by atoms with Crippen LogP contribution in [0, 0.1) is 11.3 Å². The van der Waals surface area contributed by atoms with Gasteiger partial charge >= 0.3 is 0 Å².